The van der Waals surface area contributed by atoms with Gasteiger partial charge in [0.15, 0.2) is 12.0 Å². The molecule has 0 aliphatic carbocycles. The fraction of sp³-hybridized carbons (Fsp3) is 0. The molecule has 4 heteroatoms. The molecule has 0 aliphatic rings. The van der Waals surface area contributed by atoms with Gasteiger partial charge >= 0.3 is 0 Å². The smallest absolute Gasteiger partial charge is 0.211 e. The van der Waals surface area contributed by atoms with Crippen molar-refractivity contribution in [2.24, 2.45) is 0 Å². The van der Waals surface area contributed by atoms with Crippen molar-refractivity contribution >= 4 is 29.4 Å². The summed E-state index contributed by atoms with van der Waals surface area (Å²) in [5.41, 5.74) is 1.30. The van der Waals surface area contributed by atoms with E-state index in [1.54, 1.807) is 24.3 Å². The zero-order valence-corrected chi connectivity index (χ0v) is 7.19. The van der Waals surface area contributed by atoms with Gasteiger partial charge in [-0.15, -0.1) is 0 Å². The third kappa shape index (κ3) is 1.37. The highest BCUT2D eigenvalue weighted by Crippen LogP contribution is 2.21. The second kappa shape index (κ2) is 3.33. The predicted molar refractivity (Wildman–Crippen MR) is 51.3 cm³/mol. The highest BCUT2D eigenvalue weighted by Gasteiger charge is 2.02. The lowest BCUT2D eigenvalue weighted by Gasteiger charge is -1.96. The third-order valence-electron chi connectivity index (χ3n) is 1.88. The van der Waals surface area contributed by atoms with Gasteiger partial charge in [0.1, 0.15) is 5.58 Å². The summed E-state index contributed by atoms with van der Waals surface area (Å²) in [7, 11) is 0. The van der Waals surface area contributed by atoms with Crippen molar-refractivity contribution in [3.8, 4) is 0 Å². The van der Waals surface area contributed by atoms with Crippen molar-refractivity contribution in [2.75, 3.05) is 5.32 Å². The number of carbonyl (C=O) groups excluding carboxylic acids is 2. The number of carbonyl (C=O) groups is 2. The molecule has 0 bridgehead atoms. The van der Waals surface area contributed by atoms with E-state index in [4.69, 9.17) is 4.42 Å². The molecule has 14 heavy (non-hydrogen) atoms. The topological polar surface area (TPSA) is 59.3 Å². The Balaban J connectivity index is 2.53. The fourth-order valence-corrected chi connectivity index (χ4v) is 1.28. The van der Waals surface area contributed by atoms with Gasteiger partial charge < -0.3 is 9.73 Å². The number of hydrogen-bond donors (Lipinski definition) is 1. The number of nitrogens with one attached hydrogen (secondary N) is 1. The number of aldehydes is 1. The number of hydrogen-bond acceptors (Lipinski definition) is 3. The number of furan rings is 1. The van der Waals surface area contributed by atoms with Gasteiger partial charge in [-0.1, -0.05) is 0 Å². The van der Waals surface area contributed by atoms with Crippen molar-refractivity contribution in [1.82, 2.24) is 0 Å². The Bertz CT molecular complexity index is 487. The molecule has 2 rings (SSSR count). The highest BCUT2D eigenvalue weighted by atomic mass is 16.3. The molecule has 0 saturated heterocycles. The normalized spacial score (nSPS) is 10.0. The summed E-state index contributed by atoms with van der Waals surface area (Å²) in [6.07, 6.45) is 1.24. The van der Waals surface area contributed by atoms with Crippen molar-refractivity contribution in [3.63, 3.8) is 0 Å². The molecule has 4 nitrogen and oxygen atoms in total. The maximum absolute atomic E-state index is 10.4. The minimum Gasteiger partial charge on any atom is -0.453 e. The van der Waals surface area contributed by atoms with E-state index < -0.39 is 0 Å². The van der Waals surface area contributed by atoms with Crippen LogP contribution in [0.3, 0.4) is 0 Å². The van der Waals surface area contributed by atoms with Gasteiger partial charge in [0.25, 0.3) is 0 Å². The van der Waals surface area contributed by atoms with Crippen molar-refractivity contribution in [3.05, 3.63) is 30.0 Å². The Morgan fingerprint density at radius 2 is 2.07 bits per heavy atom. The van der Waals surface area contributed by atoms with E-state index in [-0.39, 0.29) is 5.76 Å². The first kappa shape index (κ1) is 8.50. The molecule has 0 fully saturated rings. The summed E-state index contributed by atoms with van der Waals surface area (Å²) in [5.74, 6) is 0.281. The van der Waals surface area contributed by atoms with Gasteiger partial charge in [-0.25, -0.2) is 0 Å². The first-order valence-electron chi connectivity index (χ1n) is 4.02. The Morgan fingerprint density at radius 1 is 1.21 bits per heavy atom. The maximum Gasteiger partial charge on any atom is 0.211 e. The zero-order valence-electron chi connectivity index (χ0n) is 7.19. The van der Waals surface area contributed by atoms with E-state index in [1.807, 2.05) is 0 Å². The van der Waals surface area contributed by atoms with Crippen molar-refractivity contribution in [1.29, 1.82) is 0 Å². The Labute approximate surface area is 79.5 Å². The third-order valence-corrected chi connectivity index (χ3v) is 1.88. The molecule has 1 aromatic heterocycles. The number of amides is 1. The molecule has 70 valence electrons. The first-order chi connectivity index (χ1) is 6.83. The van der Waals surface area contributed by atoms with Crippen LogP contribution in [0.4, 0.5) is 5.69 Å². The number of rotatable bonds is 3. The number of anilines is 1. The van der Waals surface area contributed by atoms with Gasteiger partial charge in [-0.2, -0.15) is 0 Å². The first-order valence-corrected chi connectivity index (χ1v) is 4.02. The summed E-state index contributed by atoms with van der Waals surface area (Å²) in [5, 5.41) is 3.31. The van der Waals surface area contributed by atoms with Crippen LogP contribution in [0.5, 0.6) is 0 Å². The molecule has 0 saturated carbocycles. The van der Waals surface area contributed by atoms with E-state index in [2.05, 4.69) is 5.32 Å². The molecule has 1 heterocycles. The van der Waals surface area contributed by atoms with Crippen LogP contribution < -0.4 is 5.32 Å². The minimum atomic E-state index is 0.281. The van der Waals surface area contributed by atoms with Crippen LogP contribution in [0, 0.1) is 0 Å². The predicted octanol–water partition coefficient (Wildman–Crippen LogP) is 1.81. The summed E-state index contributed by atoms with van der Waals surface area (Å²) in [6.45, 7) is 0. The second-order valence-corrected chi connectivity index (χ2v) is 2.78. The average Bonchev–Trinajstić information content (AvgIpc) is 2.60. The van der Waals surface area contributed by atoms with E-state index in [0.717, 1.165) is 5.39 Å². The Kier molecular flexibility index (Phi) is 2.02. The lowest BCUT2D eigenvalue weighted by molar-refractivity contribution is -0.105. The summed E-state index contributed by atoms with van der Waals surface area (Å²) in [4.78, 5) is 20.6. The number of benzene rings is 1. The van der Waals surface area contributed by atoms with E-state index in [0.29, 0.717) is 24.0 Å². The standard InChI is InChI=1S/C10H7NO3/c12-5-9-4-7-3-8(11-6-13)1-2-10(7)14-9/h1-6H,(H,11,13). The quantitative estimate of drug-likeness (QED) is 0.749. The summed E-state index contributed by atoms with van der Waals surface area (Å²) >= 11 is 0. The Hall–Kier alpha value is -2.10. The minimum absolute atomic E-state index is 0.281. The molecule has 0 radical (unpaired) electrons. The van der Waals surface area contributed by atoms with Crippen LogP contribution in [0.1, 0.15) is 10.6 Å². The van der Waals surface area contributed by atoms with E-state index in [9.17, 15) is 9.59 Å². The number of fused-ring (bicyclic) bond motifs is 1. The fourth-order valence-electron chi connectivity index (χ4n) is 1.28. The van der Waals surface area contributed by atoms with Gasteiger partial charge in [0, 0.05) is 11.1 Å². The molecular weight excluding hydrogens is 182 g/mol. The van der Waals surface area contributed by atoms with Crippen LogP contribution in [0.15, 0.2) is 28.7 Å². The summed E-state index contributed by atoms with van der Waals surface area (Å²) in [6, 6.07) is 6.77. The SMILES string of the molecule is O=CNc1ccc2oc(C=O)cc2c1. The molecule has 1 aromatic carbocycles. The van der Waals surface area contributed by atoms with Gasteiger partial charge in [0.05, 0.1) is 0 Å². The van der Waals surface area contributed by atoms with Crippen molar-refractivity contribution < 1.29 is 14.0 Å². The van der Waals surface area contributed by atoms with Crippen LogP contribution in [0.25, 0.3) is 11.0 Å². The zero-order chi connectivity index (χ0) is 9.97. The van der Waals surface area contributed by atoms with Gasteiger partial charge in [-0.05, 0) is 24.3 Å². The van der Waals surface area contributed by atoms with Gasteiger partial charge in [-0.3, -0.25) is 9.59 Å². The lowest BCUT2D eigenvalue weighted by atomic mass is 10.2. The second-order valence-electron chi connectivity index (χ2n) is 2.78. The molecule has 0 aliphatic heterocycles. The van der Waals surface area contributed by atoms with Crippen LogP contribution in [0.2, 0.25) is 0 Å². The molecule has 0 unspecified atom stereocenters. The van der Waals surface area contributed by atoms with E-state index >= 15 is 0 Å². The molecule has 0 atom stereocenters. The highest BCUT2D eigenvalue weighted by molar-refractivity contribution is 5.88. The Morgan fingerprint density at radius 3 is 2.79 bits per heavy atom. The lowest BCUT2D eigenvalue weighted by Crippen LogP contribution is -1.92. The average molecular weight is 189 g/mol. The molecule has 1 N–H and O–H groups in total. The van der Waals surface area contributed by atoms with Crippen LogP contribution in [-0.2, 0) is 4.79 Å². The largest absolute Gasteiger partial charge is 0.453 e. The summed E-state index contributed by atoms with van der Waals surface area (Å²) < 4.78 is 5.17. The monoisotopic (exact) mass is 189 g/mol. The van der Waals surface area contributed by atoms with E-state index in [1.165, 1.54) is 0 Å². The molecule has 2 aromatic rings. The van der Waals surface area contributed by atoms with Crippen LogP contribution >= 0.6 is 0 Å². The van der Waals surface area contributed by atoms with Crippen LogP contribution in [-0.4, -0.2) is 12.7 Å². The molecule has 1 amide bonds. The van der Waals surface area contributed by atoms with Gasteiger partial charge in [0.2, 0.25) is 6.41 Å². The molecular formula is C10H7NO3. The van der Waals surface area contributed by atoms with Crippen molar-refractivity contribution in [2.45, 2.75) is 0 Å². The maximum atomic E-state index is 10.4. The molecule has 0 spiro atoms.